The minimum absolute atomic E-state index is 0.191. The highest BCUT2D eigenvalue weighted by atomic mass is 16.5. The highest BCUT2D eigenvalue weighted by molar-refractivity contribution is 4.74. The van der Waals surface area contributed by atoms with Crippen LogP contribution in [-0.4, -0.2) is 38.0 Å². The molecule has 92 valence electrons. The molecule has 0 heterocycles. The summed E-state index contributed by atoms with van der Waals surface area (Å²) in [4.78, 5) is 0. The third-order valence-electron chi connectivity index (χ3n) is 2.55. The second-order valence-electron chi connectivity index (χ2n) is 4.51. The van der Waals surface area contributed by atoms with Crippen LogP contribution < -0.4 is 5.32 Å². The minimum Gasteiger partial charge on any atom is -0.379 e. The molecule has 1 unspecified atom stereocenters. The molecule has 15 heavy (non-hydrogen) atoms. The van der Waals surface area contributed by atoms with E-state index in [1.165, 1.54) is 0 Å². The molecule has 0 aliphatic rings. The molecule has 3 heteroatoms. The molecular formula is C12H27NO2. The fourth-order valence-electron chi connectivity index (χ4n) is 1.11. The van der Waals surface area contributed by atoms with E-state index in [0.717, 1.165) is 26.2 Å². The summed E-state index contributed by atoms with van der Waals surface area (Å²) in [7, 11) is 0. The average molecular weight is 217 g/mol. The Balaban J connectivity index is 3.37. The van der Waals surface area contributed by atoms with Crippen molar-refractivity contribution in [1.29, 1.82) is 0 Å². The molecule has 0 saturated carbocycles. The quantitative estimate of drug-likeness (QED) is 0.601. The summed E-state index contributed by atoms with van der Waals surface area (Å²) in [5.41, 5.74) is 0.215. The van der Waals surface area contributed by atoms with Crippen molar-refractivity contribution in [3.63, 3.8) is 0 Å². The second kappa shape index (κ2) is 8.08. The van der Waals surface area contributed by atoms with Gasteiger partial charge in [-0.15, -0.1) is 0 Å². The lowest BCUT2D eigenvalue weighted by atomic mass is 10.0. The first-order valence-electron chi connectivity index (χ1n) is 5.96. The van der Waals surface area contributed by atoms with Crippen LogP contribution in [0.5, 0.6) is 0 Å². The molecule has 0 fully saturated rings. The lowest BCUT2D eigenvalue weighted by molar-refractivity contribution is -0.00327. The zero-order valence-corrected chi connectivity index (χ0v) is 10.9. The van der Waals surface area contributed by atoms with E-state index in [2.05, 4.69) is 26.1 Å². The first kappa shape index (κ1) is 14.9. The van der Waals surface area contributed by atoms with Gasteiger partial charge >= 0.3 is 0 Å². The van der Waals surface area contributed by atoms with E-state index >= 15 is 0 Å². The summed E-state index contributed by atoms with van der Waals surface area (Å²) >= 11 is 0. The van der Waals surface area contributed by atoms with Crippen LogP contribution in [0.1, 0.15) is 41.0 Å². The maximum Gasteiger partial charge on any atom is 0.0781 e. The van der Waals surface area contributed by atoms with E-state index in [9.17, 15) is 0 Å². The molecular weight excluding hydrogens is 190 g/mol. The van der Waals surface area contributed by atoms with Crippen molar-refractivity contribution in [3.8, 4) is 0 Å². The molecule has 0 saturated heterocycles. The van der Waals surface area contributed by atoms with Crippen LogP contribution in [0.3, 0.4) is 0 Å². The van der Waals surface area contributed by atoms with E-state index in [0.29, 0.717) is 6.61 Å². The fraction of sp³-hybridized carbons (Fsp3) is 1.00. The van der Waals surface area contributed by atoms with Crippen molar-refractivity contribution in [3.05, 3.63) is 0 Å². The summed E-state index contributed by atoms with van der Waals surface area (Å²) < 4.78 is 10.9. The SMILES string of the molecule is CCOCC(C)OCCNC(C)(C)CC. The van der Waals surface area contributed by atoms with Crippen LogP contribution in [0.15, 0.2) is 0 Å². The Bertz CT molecular complexity index is 149. The number of ether oxygens (including phenoxy) is 2. The topological polar surface area (TPSA) is 30.5 Å². The molecule has 0 aromatic heterocycles. The predicted molar refractivity (Wildman–Crippen MR) is 64.3 cm³/mol. The Morgan fingerprint density at radius 2 is 1.93 bits per heavy atom. The van der Waals surface area contributed by atoms with Gasteiger partial charge in [0.1, 0.15) is 0 Å². The Kier molecular flexibility index (Phi) is 8.02. The number of hydrogen-bond acceptors (Lipinski definition) is 3. The highest BCUT2D eigenvalue weighted by Gasteiger charge is 2.12. The summed E-state index contributed by atoms with van der Waals surface area (Å²) in [5, 5.41) is 3.45. The van der Waals surface area contributed by atoms with Crippen LogP contribution in [0, 0.1) is 0 Å². The van der Waals surface area contributed by atoms with E-state index in [-0.39, 0.29) is 11.6 Å². The van der Waals surface area contributed by atoms with Gasteiger partial charge in [-0.25, -0.2) is 0 Å². The first-order valence-corrected chi connectivity index (χ1v) is 5.96. The van der Waals surface area contributed by atoms with Gasteiger partial charge in [-0.05, 0) is 34.1 Å². The predicted octanol–water partition coefficient (Wildman–Crippen LogP) is 2.21. The Labute approximate surface area is 94.5 Å². The zero-order valence-electron chi connectivity index (χ0n) is 10.9. The summed E-state index contributed by atoms with van der Waals surface area (Å²) in [6, 6.07) is 0. The molecule has 0 rings (SSSR count). The van der Waals surface area contributed by atoms with Crippen LogP contribution in [-0.2, 0) is 9.47 Å². The lowest BCUT2D eigenvalue weighted by Gasteiger charge is -2.25. The van der Waals surface area contributed by atoms with E-state index in [1.54, 1.807) is 0 Å². The smallest absolute Gasteiger partial charge is 0.0781 e. The molecule has 0 aliphatic carbocycles. The van der Waals surface area contributed by atoms with Gasteiger partial charge in [0, 0.05) is 18.7 Å². The van der Waals surface area contributed by atoms with Gasteiger partial charge in [0.25, 0.3) is 0 Å². The number of hydrogen-bond donors (Lipinski definition) is 1. The van der Waals surface area contributed by atoms with Crippen LogP contribution >= 0.6 is 0 Å². The van der Waals surface area contributed by atoms with Crippen molar-refractivity contribution >= 4 is 0 Å². The molecule has 0 aliphatic heterocycles. The van der Waals surface area contributed by atoms with Gasteiger partial charge in [-0.2, -0.15) is 0 Å². The lowest BCUT2D eigenvalue weighted by Crippen LogP contribution is -2.40. The van der Waals surface area contributed by atoms with Crippen LogP contribution in [0.2, 0.25) is 0 Å². The monoisotopic (exact) mass is 217 g/mol. The second-order valence-corrected chi connectivity index (χ2v) is 4.51. The molecule has 3 nitrogen and oxygen atoms in total. The van der Waals surface area contributed by atoms with Gasteiger partial charge in [-0.1, -0.05) is 6.92 Å². The number of nitrogens with one attached hydrogen (secondary N) is 1. The fourth-order valence-corrected chi connectivity index (χ4v) is 1.11. The van der Waals surface area contributed by atoms with Crippen LogP contribution in [0.25, 0.3) is 0 Å². The van der Waals surface area contributed by atoms with Crippen molar-refractivity contribution in [2.45, 2.75) is 52.7 Å². The molecule has 1 N–H and O–H groups in total. The maximum absolute atomic E-state index is 5.60. The van der Waals surface area contributed by atoms with Gasteiger partial charge in [0.2, 0.25) is 0 Å². The molecule has 0 aromatic rings. The van der Waals surface area contributed by atoms with Gasteiger partial charge in [0.05, 0.1) is 19.3 Å². The van der Waals surface area contributed by atoms with Crippen molar-refractivity contribution < 1.29 is 9.47 Å². The number of rotatable bonds is 9. The first-order chi connectivity index (χ1) is 7.02. The molecule has 0 amide bonds. The zero-order chi connectivity index (χ0) is 11.7. The standard InChI is InChI=1S/C12H27NO2/c1-6-12(4,5)13-8-9-15-11(3)10-14-7-2/h11,13H,6-10H2,1-5H3. The van der Waals surface area contributed by atoms with Crippen molar-refractivity contribution in [2.75, 3.05) is 26.4 Å². The molecule has 0 aromatic carbocycles. The van der Waals surface area contributed by atoms with Crippen LogP contribution in [0.4, 0.5) is 0 Å². The highest BCUT2D eigenvalue weighted by Crippen LogP contribution is 2.05. The summed E-state index contributed by atoms with van der Waals surface area (Å²) in [6.45, 7) is 13.7. The maximum atomic E-state index is 5.60. The molecule has 0 radical (unpaired) electrons. The normalized spacial score (nSPS) is 14.2. The summed E-state index contributed by atoms with van der Waals surface area (Å²) in [6.07, 6.45) is 1.32. The average Bonchev–Trinajstić information content (AvgIpc) is 2.21. The molecule has 0 spiro atoms. The largest absolute Gasteiger partial charge is 0.379 e. The van der Waals surface area contributed by atoms with Gasteiger partial charge in [0.15, 0.2) is 0 Å². The van der Waals surface area contributed by atoms with E-state index < -0.39 is 0 Å². The van der Waals surface area contributed by atoms with E-state index in [1.807, 2.05) is 13.8 Å². The molecule has 1 atom stereocenters. The van der Waals surface area contributed by atoms with Gasteiger partial charge in [-0.3, -0.25) is 0 Å². The third-order valence-corrected chi connectivity index (χ3v) is 2.55. The van der Waals surface area contributed by atoms with Crippen molar-refractivity contribution in [1.82, 2.24) is 5.32 Å². The molecule has 0 bridgehead atoms. The Hall–Kier alpha value is -0.120. The third kappa shape index (κ3) is 8.85. The van der Waals surface area contributed by atoms with E-state index in [4.69, 9.17) is 9.47 Å². The summed E-state index contributed by atoms with van der Waals surface area (Å²) in [5.74, 6) is 0. The Morgan fingerprint density at radius 3 is 2.47 bits per heavy atom. The van der Waals surface area contributed by atoms with Gasteiger partial charge < -0.3 is 14.8 Å². The minimum atomic E-state index is 0.191. The Morgan fingerprint density at radius 1 is 1.27 bits per heavy atom. The van der Waals surface area contributed by atoms with Crippen molar-refractivity contribution in [2.24, 2.45) is 0 Å².